The van der Waals surface area contributed by atoms with Gasteiger partial charge in [-0.05, 0) is 42.0 Å². The van der Waals surface area contributed by atoms with Gasteiger partial charge >= 0.3 is 0 Å². The minimum atomic E-state index is 0.882. The Morgan fingerprint density at radius 3 is 2.00 bits per heavy atom. The van der Waals surface area contributed by atoms with E-state index in [0.29, 0.717) is 0 Å². The number of hydrogen-bond donors (Lipinski definition) is 0. The van der Waals surface area contributed by atoms with Crippen LogP contribution in [0.5, 0.6) is 0 Å². The van der Waals surface area contributed by atoms with Gasteiger partial charge in [0.05, 0.1) is 11.4 Å². The number of hydrogen-bond acceptors (Lipinski definition) is 3. The molecule has 7 aromatic carbocycles. The zero-order valence-corrected chi connectivity index (χ0v) is 24.0. The van der Waals surface area contributed by atoms with E-state index in [0.717, 1.165) is 39.0 Å². The van der Waals surface area contributed by atoms with Crippen molar-refractivity contribution in [2.24, 2.45) is 0 Å². The molecule has 0 amide bonds. The van der Waals surface area contributed by atoms with Crippen LogP contribution in [-0.4, -0.2) is 0 Å². The third kappa shape index (κ3) is 3.79. The van der Waals surface area contributed by atoms with E-state index in [9.17, 15) is 0 Å². The van der Waals surface area contributed by atoms with Crippen LogP contribution < -0.4 is 4.90 Å². The fourth-order valence-corrected chi connectivity index (χ4v) is 7.73. The first-order valence-electron chi connectivity index (χ1n) is 14.5. The predicted octanol–water partition coefficient (Wildman–Crippen LogP) is 12.2. The van der Waals surface area contributed by atoms with E-state index < -0.39 is 0 Å². The number of para-hydroxylation sites is 2. The average molecular weight is 568 g/mol. The molecule has 0 unspecified atom stereocenters. The normalized spacial score (nSPS) is 11.7. The summed E-state index contributed by atoms with van der Waals surface area (Å²) in [5.41, 5.74) is 7.46. The molecule has 43 heavy (non-hydrogen) atoms. The lowest BCUT2D eigenvalue weighted by molar-refractivity contribution is 0.669. The van der Waals surface area contributed by atoms with Gasteiger partial charge in [-0.3, -0.25) is 0 Å². The van der Waals surface area contributed by atoms with Gasteiger partial charge in [-0.2, -0.15) is 0 Å². The molecule has 2 heterocycles. The fraction of sp³-hybridized carbons (Fsp3) is 0. The molecule has 9 aromatic rings. The smallest absolute Gasteiger partial charge is 0.137 e. The van der Waals surface area contributed by atoms with Gasteiger partial charge in [0.15, 0.2) is 0 Å². The van der Waals surface area contributed by atoms with Crippen molar-refractivity contribution in [2.45, 2.75) is 0 Å². The van der Waals surface area contributed by atoms with Crippen molar-refractivity contribution in [1.82, 2.24) is 0 Å². The number of rotatable bonds is 4. The van der Waals surface area contributed by atoms with Crippen molar-refractivity contribution in [3.63, 3.8) is 0 Å². The second-order valence-electron chi connectivity index (χ2n) is 10.9. The van der Waals surface area contributed by atoms with E-state index in [2.05, 4.69) is 144 Å². The lowest BCUT2D eigenvalue weighted by Crippen LogP contribution is -2.11. The minimum Gasteiger partial charge on any atom is -0.456 e. The molecule has 0 N–H and O–H groups in total. The van der Waals surface area contributed by atoms with Crippen molar-refractivity contribution in [2.75, 3.05) is 4.90 Å². The molecule has 0 saturated heterocycles. The minimum absolute atomic E-state index is 0.882. The summed E-state index contributed by atoms with van der Waals surface area (Å²) < 4.78 is 9.04. The Bertz CT molecular complexity index is 2470. The molecule has 0 atom stereocenters. The third-order valence-corrected chi connectivity index (χ3v) is 9.67. The lowest BCUT2D eigenvalue weighted by Gasteiger charge is -2.29. The molecule has 0 aliphatic heterocycles. The SMILES string of the molecule is c1ccc(-c2ccccc2N(c2ccc3c(c2)oc2ccccc23)c2cc3c4ccccc4sc3c3ccccc23)cc1. The van der Waals surface area contributed by atoms with Gasteiger partial charge in [-0.15, -0.1) is 11.3 Å². The van der Waals surface area contributed by atoms with Crippen LogP contribution in [0.3, 0.4) is 0 Å². The molecule has 0 saturated carbocycles. The molecule has 2 nitrogen and oxygen atoms in total. The quantitative estimate of drug-likeness (QED) is 0.210. The maximum absolute atomic E-state index is 6.41. The van der Waals surface area contributed by atoms with E-state index in [1.54, 1.807) is 0 Å². The lowest BCUT2D eigenvalue weighted by atomic mass is 9.99. The van der Waals surface area contributed by atoms with Crippen molar-refractivity contribution in [1.29, 1.82) is 0 Å². The first kappa shape index (κ1) is 24.2. The maximum Gasteiger partial charge on any atom is 0.137 e. The zero-order chi connectivity index (χ0) is 28.3. The van der Waals surface area contributed by atoms with Crippen LogP contribution >= 0.6 is 11.3 Å². The highest BCUT2D eigenvalue weighted by molar-refractivity contribution is 7.26. The fourth-order valence-electron chi connectivity index (χ4n) is 6.50. The van der Waals surface area contributed by atoms with Gasteiger partial charge in [-0.25, -0.2) is 0 Å². The highest BCUT2D eigenvalue weighted by atomic mass is 32.1. The van der Waals surface area contributed by atoms with Crippen LogP contribution in [0.1, 0.15) is 0 Å². The molecule has 2 aromatic heterocycles. The standard InChI is InChI=1S/C40H25NOS/c1-2-12-26(13-3-1)28-14-6-9-19-35(28)41(27-22-23-31-30-16-7-10-20-37(30)42-38(31)24-27)36-25-34-32-17-8-11-21-39(32)43-40(34)33-18-5-4-15-29(33)36/h1-25H. The van der Waals surface area contributed by atoms with Crippen LogP contribution in [0, 0.1) is 0 Å². The Kier molecular flexibility index (Phi) is 5.40. The van der Waals surface area contributed by atoms with Crippen molar-refractivity contribution in [3.05, 3.63) is 152 Å². The Hall–Kier alpha value is -5.38. The second kappa shape index (κ2) is 9.59. The Labute approximate surface area is 252 Å². The largest absolute Gasteiger partial charge is 0.456 e. The van der Waals surface area contributed by atoms with E-state index >= 15 is 0 Å². The van der Waals surface area contributed by atoms with E-state index in [1.807, 2.05) is 23.5 Å². The molecule has 9 rings (SSSR count). The third-order valence-electron chi connectivity index (χ3n) is 8.45. The summed E-state index contributed by atoms with van der Waals surface area (Å²) in [5.74, 6) is 0. The van der Waals surface area contributed by atoms with Crippen molar-refractivity contribution < 1.29 is 4.42 Å². The second-order valence-corrected chi connectivity index (χ2v) is 12.0. The van der Waals surface area contributed by atoms with Crippen molar-refractivity contribution >= 4 is 81.3 Å². The van der Waals surface area contributed by atoms with Crippen LogP contribution in [0.2, 0.25) is 0 Å². The molecule has 0 spiro atoms. The first-order chi connectivity index (χ1) is 21.3. The van der Waals surface area contributed by atoms with Gasteiger partial charge < -0.3 is 9.32 Å². The topological polar surface area (TPSA) is 16.4 Å². The van der Waals surface area contributed by atoms with Crippen LogP contribution in [-0.2, 0) is 0 Å². The summed E-state index contributed by atoms with van der Waals surface area (Å²) >= 11 is 1.87. The Balaban J connectivity index is 1.40. The van der Waals surface area contributed by atoms with Gasteiger partial charge in [0.1, 0.15) is 11.2 Å². The van der Waals surface area contributed by atoms with Crippen LogP contribution in [0.15, 0.2) is 156 Å². The summed E-state index contributed by atoms with van der Waals surface area (Å²) in [4.78, 5) is 2.42. The average Bonchev–Trinajstić information content (AvgIpc) is 3.64. The summed E-state index contributed by atoms with van der Waals surface area (Å²) in [6, 6.07) is 54.2. The van der Waals surface area contributed by atoms with Gasteiger partial charge in [0, 0.05) is 59.0 Å². The maximum atomic E-state index is 6.41. The zero-order valence-electron chi connectivity index (χ0n) is 23.2. The Morgan fingerprint density at radius 2 is 1.12 bits per heavy atom. The predicted molar refractivity (Wildman–Crippen MR) is 184 cm³/mol. The molecule has 0 radical (unpaired) electrons. The number of nitrogens with zero attached hydrogens (tertiary/aromatic N) is 1. The Morgan fingerprint density at radius 1 is 0.442 bits per heavy atom. The van der Waals surface area contributed by atoms with E-state index in [1.165, 1.54) is 42.1 Å². The van der Waals surface area contributed by atoms with Gasteiger partial charge in [0.2, 0.25) is 0 Å². The number of anilines is 3. The molecular weight excluding hydrogens is 543 g/mol. The molecule has 3 heteroatoms. The summed E-state index contributed by atoms with van der Waals surface area (Å²) in [5, 5.41) is 7.31. The van der Waals surface area contributed by atoms with Gasteiger partial charge in [0.25, 0.3) is 0 Å². The molecule has 0 bridgehead atoms. The molecule has 0 aliphatic rings. The first-order valence-corrected chi connectivity index (χ1v) is 15.3. The summed E-state index contributed by atoms with van der Waals surface area (Å²) in [6.45, 7) is 0. The molecular formula is C40H25NOS. The van der Waals surface area contributed by atoms with Crippen LogP contribution in [0.4, 0.5) is 17.1 Å². The van der Waals surface area contributed by atoms with E-state index in [-0.39, 0.29) is 0 Å². The monoisotopic (exact) mass is 567 g/mol. The number of furan rings is 1. The molecule has 0 aliphatic carbocycles. The summed E-state index contributed by atoms with van der Waals surface area (Å²) in [6.07, 6.45) is 0. The molecule has 202 valence electrons. The number of thiophene rings is 1. The highest BCUT2D eigenvalue weighted by Crippen LogP contribution is 2.48. The summed E-state index contributed by atoms with van der Waals surface area (Å²) in [7, 11) is 0. The van der Waals surface area contributed by atoms with E-state index in [4.69, 9.17) is 4.42 Å². The number of fused-ring (bicyclic) bond motifs is 8. The highest BCUT2D eigenvalue weighted by Gasteiger charge is 2.22. The number of benzene rings is 7. The van der Waals surface area contributed by atoms with Gasteiger partial charge in [-0.1, -0.05) is 109 Å². The molecule has 0 fully saturated rings. The van der Waals surface area contributed by atoms with Crippen molar-refractivity contribution in [3.8, 4) is 11.1 Å². The van der Waals surface area contributed by atoms with Crippen LogP contribution in [0.25, 0.3) is 64.0 Å².